The monoisotopic (exact) mass is 288 g/mol. The Morgan fingerprint density at radius 1 is 1.00 bits per heavy atom. The molecule has 3 rings (SSSR count). The second-order valence-electron chi connectivity index (χ2n) is 5.42. The molecule has 0 saturated heterocycles. The zero-order valence-electron chi connectivity index (χ0n) is 11.7. The van der Waals surface area contributed by atoms with E-state index in [1.165, 1.54) is 23.6 Å². The molecule has 2 aromatic rings. The summed E-state index contributed by atoms with van der Waals surface area (Å²) in [6, 6.07) is 10.7. The molecule has 0 heterocycles. The number of nitrogen functional groups attached to an aromatic ring is 1. The highest BCUT2D eigenvalue weighted by Crippen LogP contribution is 2.34. The zero-order chi connectivity index (χ0) is 14.8. The standard InChI is InChI=1S/C17H18F2N2/c18-17(19)14-10-12(20)8-9-16(14)21-15-7-3-5-11-4-1-2-6-13(11)15/h3,5,7-10,17,21H,1-2,4,6,20H2. The van der Waals surface area contributed by atoms with Crippen molar-refractivity contribution >= 4 is 17.1 Å². The number of aryl methyl sites for hydroxylation is 1. The number of fused-ring (bicyclic) bond motifs is 1. The Balaban J connectivity index is 1.98. The summed E-state index contributed by atoms with van der Waals surface area (Å²) in [5.41, 5.74) is 9.84. The van der Waals surface area contributed by atoms with E-state index >= 15 is 0 Å². The summed E-state index contributed by atoms with van der Waals surface area (Å²) in [6.07, 6.45) is 1.86. The molecular weight excluding hydrogens is 270 g/mol. The summed E-state index contributed by atoms with van der Waals surface area (Å²) >= 11 is 0. The van der Waals surface area contributed by atoms with Gasteiger partial charge in [0, 0.05) is 22.6 Å². The van der Waals surface area contributed by atoms with Gasteiger partial charge in [0.25, 0.3) is 6.43 Å². The Kier molecular flexibility index (Phi) is 3.78. The predicted octanol–water partition coefficient (Wildman–Crippen LogP) is 4.83. The predicted molar refractivity (Wildman–Crippen MR) is 82.2 cm³/mol. The van der Waals surface area contributed by atoms with Crippen molar-refractivity contribution in [2.24, 2.45) is 0 Å². The molecule has 0 aliphatic heterocycles. The number of halogens is 2. The van der Waals surface area contributed by atoms with Crippen LogP contribution in [0, 0.1) is 0 Å². The second kappa shape index (κ2) is 5.72. The molecule has 0 bridgehead atoms. The van der Waals surface area contributed by atoms with Gasteiger partial charge >= 0.3 is 0 Å². The van der Waals surface area contributed by atoms with Gasteiger partial charge in [-0.05, 0) is 61.1 Å². The fourth-order valence-electron chi connectivity index (χ4n) is 2.92. The fourth-order valence-corrected chi connectivity index (χ4v) is 2.92. The first-order chi connectivity index (χ1) is 10.1. The van der Waals surface area contributed by atoms with E-state index in [0.29, 0.717) is 11.4 Å². The van der Waals surface area contributed by atoms with E-state index in [9.17, 15) is 8.78 Å². The van der Waals surface area contributed by atoms with Crippen LogP contribution >= 0.6 is 0 Å². The van der Waals surface area contributed by atoms with Crippen LogP contribution in [0.2, 0.25) is 0 Å². The Morgan fingerprint density at radius 2 is 1.81 bits per heavy atom. The lowest BCUT2D eigenvalue weighted by atomic mass is 9.90. The smallest absolute Gasteiger partial charge is 0.265 e. The molecule has 0 spiro atoms. The van der Waals surface area contributed by atoms with Crippen molar-refractivity contribution in [2.75, 3.05) is 11.1 Å². The molecule has 2 nitrogen and oxygen atoms in total. The molecule has 0 saturated carbocycles. The third-order valence-corrected chi connectivity index (χ3v) is 3.98. The third-order valence-electron chi connectivity index (χ3n) is 3.98. The molecule has 4 heteroatoms. The van der Waals surface area contributed by atoms with Crippen LogP contribution in [0.15, 0.2) is 36.4 Å². The van der Waals surface area contributed by atoms with Crippen molar-refractivity contribution < 1.29 is 8.78 Å². The molecule has 0 unspecified atom stereocenters. The van der Waals surface area contributed by atoms with Gasteiger partial charge in [0.1, 0.15) is 0 Å². The SMILES string of the molecule is Nc1ccc(Nc2cccc3c2CCCC3)c(C(F)F)c1. The summed E-state index contributed by atoms with van der Waals surface area (Å²) in [7, 11) is 0. The van der Waals surface area contributed by atoms with Gasteiger partial charge < -0.3 is 11.1 Å². The Morgan fingerprint density at radius 3 is 2.62 bits per heavy atom. The molecule has 110 valence electrons. The van der Waals surface area contributed by atoms with Gasteiger partial charge in [0.2, 0.25) is 0 Å². The van der Waals surface area contributed by atoms with Gasteiger partial charge in [-0.15, -0.1) is 0 Å². The molecule has 0 atom stereocenters. The quantitative estimate of drug-likeness (QED) is 0.794. The first kappa shape index (κ1) is 13.9. The van der Waals surface area contributed by atoms with Gasteiger partial charge in [-0.25, -0.2) is 8.78 Å². The maximum Gasteiger partial charge on any atom is 0.265 e. The number of hydrogen-bond acceptors (Lipinski definition) is 2. The van der Waals surface area contributed by atoms with Gasteiger partial charge in [-0.1, -0.05) is 12.1 Å². The maximum atomic E-state index is 13.2. The highest BCUT2D eigenvalue weighted by atomic mass is 19.3. The van der Waals surface area contributed by atoms with Crippen LogP contribution in [-0.2, 0) is 12.8 Å². The molecule has 2 aromatic carbocycles. The molecule has 21 heavy (non-hydrogen) atoms. The van der Waals surface area contributed by atoms with Gasteiger partial charge in [0.15, 0.2) is 0 Å². The lowest BCUT2D eigenvalue weighted by molar-refractivity contribution is 0.152. The average Bonchev–Trinajstić information content (AvgIpc) is 2.49. The minimum Gasteiger partial charge on any atom is -0.399 e. The highest BCUT2D eigenvalue weighted by molar-refractivity contribution is 5.69. The van der Waals surface area contributed by atoms with E-state index < -0.39 is 6.43 Å². The van der Waals surface area contributed by atoms with E-state index in [1.807, 2.05) is 12.1 Å². The summed E-state index contributed by atoms with van der Waals surface area (Å²) in [5, 5.41) is 3.17. The van der Waals surface area contributed by atoms with E-state index in [1.54, 1.807) is 12.1 Å². The second-order valence-corrected chi connectivity index (χ2v) is 5.42. The number of rotatable bonds is 3. The minimum absolute atomic E-state index is 0.0524. The highest BCUT2D eigenvalue weighted by Gasteiger charge is 2.17. The first-order valence-corrected chi connectivity index (χ1v) is 7.20. The van der Waals surface area contributed by atoms with Gasteiger partial charge in [-0.3, -0.25) is 0 Å². The van der Waals surface area contributed by atoms with Crippen molar-refractivity contribution in [1.82, 2.24) is 0 Å². The zero-order valence-corrected chi connectivity index (χ0v) is 11.7. The molecule has 0 amide bonds. The Labute approximate surface area is 123 Å². The van der Waals surface area contributed by atoms with E-state index in [-0.39, 0.29) is 5.56 Å². The number of anilines is 3. The maximum absolute atomic E-state index is 13.2. The summed E-state index contributed by atoms with van der Waals surface area (Å²) in [4.78, 5) is 0. The lowest BCUT2D eigenvalue weighted by Gasteiger charge is -2.21. The number of alkyl halides is 2. The van der Waals surface area contributed by atoms with Crippen molar-refractivity contribution in [3.8, 4) is 0 Å². The number of nitrogens with two attached hydrogens (primary N) is 1. The lowest BCUT2D eigenvalue weighted by Crippen LogP contribution is -2.07. The van der Waals surface area contributed by atoms with Crippen LogP contribution in [-0.4, -0.2) is 0 Å². The molecule has 0 radical (unpaired) electrons. The van der Waals surface area contributed by atoms with Crippen molar-refractivity contribution in [1.29, 1.82) is 0 Å². The molecule has 1 aliphatic carbocycles. The molecule has 1 aliphatic rings. The van der Waals surface area contributed by atoms with E-state index in [4.69, 9.17) is 5.73 Å². The number of hydrogen-bond donors (Lipinski definition) is 2. The number of nitrogens with one attached hydrogen (secondary N) is 1. The van der Waals surface area contributed by atoms with Gasteiger partial charge in [-0.2, -0.15) is 0 Å². The summed E-state index contributed by atoms with van der Waals surface area (Å²) in [6.45, 7) is 0. The normalized spacial score (nSPS) is 14.0. The van der Waals surface area contributed by atoms with Crippen LogP contribution in [0.5, 0.6) is 0 Å². The van der Waals surface area contributed by atoms with Crippen LogP contribution in [0.4, 0.5) is 25.8 Å². The van der Waals surface area contributed by atoms with Crippen LogP contribution < -0.4 is 11.1 Å². The van der Waals surface area contributed by atoms with Crippen LogP contribution in [0.1, 0.15) is 36.0 Å². The fraction of sp³-hybridized carbons (Fsp3) is 0.294. The third kappa shape index (κ3) is 2.84. The van der Waals surface area contributed by atoms with Crippen LogP contribution in [0.25, 0.3) is 0 Å². The van der Waals surface area contributed by atoms with E-state index in [2.05, 4.69) is 11.4 Å². The first-order valence-electron chi connectivity index (χ1n) is 7.20. The molecular formula is C17H18F2N2. The Bertz CT molecular complexity index is 653. The minimum atomic E-state index is -2.55. The topological polar surface area (TPSA) is 38.0 Å². The van der Waals surface area contributed by atoms with Gasteiger partial charge in [0.05, 0.1) is 0 Å². The molecule has 0 fully saturated rings. The molecule has 3 N–H and O–H groups in total. The average molecular weight is 288 g/mol. The largest absolute Gasteiger partial charge is 0.399 e. The molecule has 0 aromatic heterocycles. The van der Waals surface area contributed by atoms with Crippen molar-refractivity contribution in [3.63, 3.8) is 0 Å². The van der Waals surface area contributed by atoms with Crippen LogP contribution in [0.3, 0.4) is 0 Å². The summed E-state index contributed by atoms with van der Waals surface area (Å²) < 4.78 is 26.3. The summed E-state index contributed by atoms with van der Waals surface area (Å²) in [5.74, 6) is 0. The number of benzene rings is 2. The Hall–Kier alpha value is -2.10. The van der Waals surface area contributed by atoms with E-state index in [0.717, 1.165) is 24.9 Å². The van der Waals surface area contributed by atoms with Crippen molar-refractivity contribution in [2.45, 2.75) is 32.1 Å². The van der Waals surface area contributed by atoms with Crippen molar-refractivity contribution in [3.05, 3.63) is 53.1 Å².